The van der Waals surface area contributed by atoms with Gasteiger partial charge in [-0.3, -0.25) is 13.9 Å². The van der Waals surface area contributed by atoms with E-state index in [1.807, 2.05) is 6.92 Å². The van der Waals surface area contributed by atoms with Crippen molar-refractivity contribution >= 4 is 56.4 Å². The normalized spacial score (nSPS) is 11.1. The molecule has 2 N–H and O–H groups in total. The molecule has 0 atom stereocenters. The van der Waals surface area contributed by atoms with Crippen LogP contribution in [0.25, 0.3) is 0 Å². The lowest BCUT2D eigenvalue weighted by molar-refractivity contribution is 0.0954. The molecule has 10 heteroatoms. The van der Waals surface area contributed by atoms with Crippen LogP contribution in [0.3, 0.4) is 0 Å². The Hall–Kier alpha value is -3.07. The van der Waals surface area contributed by atoms with Gasteiger partial charge in [-0.1, -0.05) is 54.7 Å². The van der Waals surface area contributed by atoms with Gasteiger partial charge in [-0.05, 0) is 55.0 Å². The van der Waals surface area contributed by atoms with E-state index in [4.69, 9.17) is 23.2 Å². The predicted octanol–water partition coefficient (Wildman–Crippen LogP) is 5.74. The predicted molar refractivity (Wildman–Crippen MR) is 146 cm³/mol. The first kappa shape index (κ1) is 27.5. The van der Waals surface area contributed by atoms with Crippen LogP contribution in [0.1, 0.15) is 46.0 Å². The molecule has 0 spiro atoms. The molecule has 36 heavy (non-hydrogen) atoms. The van der Waals surface area contributed by atoms with E-state index in [-0.39, 0.29) is 12.5 Å². The summed E-state index contributed by atoms with van der Waals surface area (Å²) >= 11 is 12.5. The maximum Gasteiger partial charge on any atom is 0.255 e. The first-order chi connectivity index (χ1) is 17.1. The zero-order valence-corrected chi connectivity index (χ0v) is 22.3. The molecule has 3 aromatic carbocycles. The molecule has 0 radical (unpaired) electrons. The number of halogens is 2. The standard InChI is InChI=1S/C26H27Cl2N3O4S/c1-3-4-16-29-26(33)20-8-5-6-11-24(20)30-25(32)18-12-14-19(15-13-18)31(36(2,34)35)17-21-22(27)9-7-10-23(21)28/h5-15H,3-4,16-17H2,1-2H3,(H,29,33)(H,30,32). The van der Waals surface area contributed by atoms with Gasteiger partial charge in [-0.2, -0.15) is 0 Å². The van der Waals surface area contributed by atoms with Crippen LogP contribution in [-0.2, 0) is 16.6 Å². The summed E-state index contributed by atoms with van der Waals surface area (Å²) in [5.41, 5.74) is 1.86. The summed E-state index contributed by atoms with van der Waals surface area (Å²) in [6.07, 6.45) is 2.90. The highest BCUT2D eigenvalue weighted by atomic mass is 35.5. The molecule has 3 aromatic rings. The highest BCUT2D eigenvalue weighted by Gasteiger charge is 2.21. The number of nitrogens with zero attached hydrogens (tertiary/aromatic N) is 1. The van der Waals surface area contributed by atoms with E-state index in [1.165, 1.54) is 24.3 Å². The maximum absolute atomic E-state index is 12.9. The second-order valence-electron chi connectivity index (χ2n) is 8.13. The molecule has 0 saturated carbocycles. The minimum Gasteiger partial charge on any atom is -0.352 e. The Kier molecular flexibility index (Phi) is 9.37. The van der Waals surface area contributed by atoms with Gasteiger partial charge >= 0.3 is 0 Å². The van der Waals surface area contributed by atoms with Crippen molar-refractivity contribution in [3.8, 4) is 0 Å². The number of hydrogen-bond donors (Lipinski definition) is 2. The second-order valence-corrected chi connectivity index (χ2v) is 10.8. The summed E-state index contributed by atoms with van der Waals surface area (Å²) in [6, 6.07) is 17.8. The summed E-state index contributed by atoms with van der Waals surface area (Å²) in [7, 11) is -3.69. The van der Waals surface area contributed by atoms with Gasteiger partial charge in [0.1, 0.15) is 0 Å². The van der Waals surface area contributed by atoms with Crippen LogP contribution in [0.5, 0.6) is 0 Å². The van der Waals surface area contributed by atoms with Crippen LogP contribution in [0.4, 0.5) is 11.4 Å². The van der Waals surface area contributed by atoms with Crippen LogP contribution in [-0.4, -0.2) is 33.0 Å². The van der Waals surface area contributed by atoms with E-state index in [1.54, 1.807) is 42.5 Å². The van der Waals surface area contributed by atoms with E-state index in [9.17, 15) is 18.0 Å². The van der Waals surface area contributed by atoms with Crippen LogP contribution in [0, 0.1) is 0 Å². The van der Waals surface area contributed by atoms with Crippen LogP contribution in [0.2, 0.25) is 10.0 Å². The Bertz CT molecular complexity index is 1330. The monoisotopic (exact) mass is 547 g/mol. The molecular formula is C26H27Cl2N3O4S. The fraction of sp³-hybridized carbons (Fsp3) is 0.231. The minimum atomic E-state index is -3.69. The van der Waals surface area contributed by atoms with Crippen molar-refractivity contribution in [2.24, 2.45) is 0 Å². The van der Waals surface area contributed by atoms with Crippen molar-refractivity contribution in [2.45, 2.75) is 26.3 Å². The molecule has 0 aliphatic rings. The van der Waals surface area contributed by atoms with Crippen LogP contribution in [0.15, 0.2) is 66.7 Å². The van der Waals surface area contributed by atoms with Gasteiger partial charge in [0, 0.05) is 27.7 Å². The van der Waals surface area contributed by atoms with Gasteiger partial charge in [0.15, 0.2) is 0 Å². The molecule has 2 amide bonds. The van der Waals surface area contributed by atoms with E-state index in [0.29, 0.717) is 44.7 Å². The zero-order chi connectivity index (χ0) is 26.3. The lowest BCUT2D eigenvalue weighted by Gasteiger charge is -2.23. The Balaban J connectivity index is 1.80. The smallest absolute Gasteiger partial charge is 0.255 e. The summed E-state index contributed by atoms with van der Waals surface area (Å²) in [4.78, 5) is 25.4. The van der Waals surface area contributed by atoms with Crippen molar-refractivity contribution in [1.29, 1.82) is 0 Å². The van der Waals surface area contributed by atoms with Crippen molar-refractivity contribution in [3.63, 3.8) is 0 Å². The molecule has 7 nitrogen and oxygen atoms in total. The lowest BCUT2D eigenvalue weighted by atomic mass is 10.1. The average Bonchev–Trinajstić information content (AvgIpc) is 2.83. The highest BCUT2D eigenvalue weighted by Crippen LogP contribution is 2.29. The molecule has 0 unspecified atom stereocenters. The Labute approximate surface area is 221 Å². The van der Waals surface area contributed by atoms with Gasteiger partial charge < -0.3 is 10.6 Å². The minimum absolute atomic E-state index is 0.0661. The number of para-hydroxylation sites is 1. The molecule has 0 aromatic heterocycles. The quantitative estimate of drug-likeness (QED) is 0.316. The first-order valence-corrected chi connectivity index (χ1v) is 13.9. The number of unbranched alkanes of at least 4 members (excludes halogenated alkanes) is 1. The summed E-state index contributed by atoms with van der Waals surface area (Å²) in [5.74, 6) is -0.702. The second kappa shape index (κ2) is 12.3. The molecule has 0 bridgehead atoms. The summed E-state index contributed by atoms with van der Waals surface area (Å²) < 4.78 is 26.2. The number of amides is 2. The third-order valence-corrected chi connectivity index (χ3v) is 7.27. The SMILES string of the molecule is CCCCNC(=O)c1ccccc1NC(=O)c1ccc(N(Cc2c(Cl)cccc2Cl)S(C)(=O)=O)cc1. The summed E-state index contributed by atoms with van der Waals surface area (Å²) in [6.45, 7) is 2.52. The number of carbonyl (C=O) groups excluding carboxylic acids is 2. The number of carbonyl (C=O) groups is 2. The maximum atomic E-state index is 12.9. The first-order valence-electron chi connectivity index (χ1n) is 11.3. The molecule has 0 heterocycles. The number of rotatable bonds is 10. The van der Waals surface area contributed by atoms with Crippen LogP contribution < -0.4 is 14.9 Å². The Morgan fingerprint density at radius 2 is 1.53 bits per heavy atom. The molecule has 0 fully saturated rings. The number of anilines is 2. The number of hydrogen-bond acceptors (Lipinski definition) is 4. The largest absolute Gasteiger partial charge is 0.352 e. The number of nitrogens with one attached hydrogen (secondary N) is 2. The van der Waals surface area contributed by atoms with E-state index < -0.39 is 15.9 Å². The van der Waals surface area contributed by atoms with E-state index in [2.05, 4.69) is 10.6 Å². The van der Waals surface area contributed by atoms with Gasteiger partial charge in [-0.25, -0.2) is 8.42 Å². The van der Waals surface area contributed by atoms with Gasteiger partial charge in [0.05, 0.1) is 29.7 Å². The zero-order valence-electron chi connectivity index (χ0n) is 19.9. The fourth-order valence-corrected chi connectivity index (χ4v) is 4.85. The highest BCUT2D eigenvalue weighted by molar-refractivity contribution is 7.92. The summed E-state index contributed by atoms with van der Waals surface area (Å²) in [5, 5.41) is 6.31. The van der Waals surface area contributed by atoms with Gasteiger partial charge in [0.25, 0.3) is 11.8 Å². The molecule has 3 rings (SSSR count). The van der Waals surface area contributed by atoms with Gasteiger partial charge in [-0.15, -0.1) is 0 Å². The molecular weight excluding hydrogens is 521 g/mol. The van der Waals surface area contributed by atoms with Gasteiger partial charge in [0.2, 0.25) is 10.0 Å². The van der Waals surface area contributed by atoms with Crippen molar-refractivity contribution in [3.05, 3.63) is 93.5 Å². The third kappa shape index (κ3) is 7.00. The molecule has 0 aliphatic heterocycles. The number of sulfonamides is 1. The van der Waals surface area contributed by atoms with E-state index in [0.717, 1.165) is 23.4 Å². The molecule has 0 aliphatic carbocycles. The fourth-order valence-electron chi connectivity index (χ4n) is 3.46. The number of benzene rings is 3. The molecule has 190 valence electrons. The van der Waals surface area contributed by atoms with Crippen molar-refractivity contribution in [2.75, 3.05) is 22.4 Å². The van der Waals surface area contributed by atoms with Crippen molar-refractivity contribution in [1.82, 2.24) is 5.32 Å². The average molecular weight is 548 g/mol. The van der Waals surface area contributed by atoms with Crippen LogP contribution >= 0.6 is 23.2 Å². The van der Waals surface area contributed by atoms with E-state index >= 15 is 0 Å². The Morgan fingerprint density at radius 1 is 0.889 bits per heavy atom. The van der Waals surface area contributed by atoms with Crippen molar-refractivity contribution < 1.29 is 18.0 Å². The third-order valence-electron chi connectivity index (χ3n) is 5.42. The molecule has 0 saturated heterocycles. The topological polar surface area (TPSA) is 95.6 Å². The Morgan fingerprint density at radius 3 is 2.14 bits per heavy atom. The lowest BCUT2D eigenvalue weighted by Crippen LogP contribution is -2.29.